The average molecular weight is 315 g/mol. The minimum atomic E-state index is -3.52. The van der Waals surface area contributed by atoms with Gasteiger partial charge in [-0.05, 0) is 43.5 Å². The van der Waals surface area contributed by atoms with E-state index in [-0.39, 0.29) is 11.4 Å². The Kier molecular flexibility index (Phi) is 4.54. The van der Waals surface area contributed by atoms with E-state index < -0.39 is 10.0 Å². The minimum absolute atomic E-state index is 0.262. The van der Waals surface area contributed by atoms with E-state index in [0.29, 0.717) is 23.7 Å². The molecule has 1 aliphatic heterocycles. The topological polar surface area (TPSA) is 63.4 Å². The van der Waals surface area contributed by atoms with E-state index in [0.717, 1.165) is 12.0 Å². The highest BCUT2D eigenvalue weighted by Crippen LogP contribution is 2.28. The number of sulfonamides is 1. The van der Waals surface area contributed by atoms with Crippen LogP contribution in [-0.2, 0) is 16.6 Å². The van der Waals surface area contributed by atoms with Gasteiger partial charge in [0.1, 0.15) is 0 Å². The van der Waals surface area contributed by atoms with Crippen molar-refractivity contribution in [3.05, 3.63) is 39.9 Å². The van der Waals surface area contributed by atoms with Crippen molar-refractivity contribution in [1.29, 1.82) is 0 Å². The molecule has 2 rings (SSSR count). The normalized spacial score (nSPS) is 17.1. The highest BCUT2D eigenvalue weighted by atomic mass is 35.5. The molecule has 1 aromatic carbocycles. The van der Waals surface area contributed by atoms with Gasteiger partial charge >= 0.3 is 0 Å². The molecule has 0 aliphatic carbocycles. The Hall–Kier alpha value is -0.880. The molecule has 0 saturated heterocycles. The molecule has 0 saturated carbocycles. The Morgan fingerprint density at radius 2 is 2.05 bits per heavy atom. The first-order valence-electron chi connectivity index (χ1n) is 6.51. The molecule has 2 N–H and O–H groups in total. The molecular formula is C14H19ClN2O2S. The molecule has 1 aliphatic rings. The van der Waals surface area contributed by atoms with Crippen LogP contribution < -0.4 is 5.73 Å². The van der Waals surface area contributed by atoms with Gasteiger partial charge in [0.05, 0.1) is 4.90 Å². The summed E-state index contributed by atoms with van der Waals surface area (Å²) < 4.78 is 26.9. The number of benzene rings is 1. The van der Waals surface area contributed by atoms with Gasteiger partial charge in [0.25, 0.3) is 0 Å². The number of nitrogens with two attached hydrogens (primary N) is 1. The Bertz CT molecular complexity index is 653. The zero-order valence-electron chi connectivity index (χ0n) is 11.7. The highest BCUT2D eigenvalue weighted by molar-refractivity contribution is 7.89. The van der Waals surface area contributed by atoms with Crippen LogP contribution in [0.15, 0.2) is 28.7 Å². The van der Waals surface area contributed by atoms with Crippen LogP contribution in [-0.4, -0.2) is 25.8 Å². The molecule has 1 heterocycles. The summed E-state index contributed by atoms with van der Waals surface area (Å²) in [6.07, 6.45) is 2.72. The average Bonchev–Trinajstić information content (AvgIpc) is 2.41. The maximum absolute atomic E-state index is 12.7. The van der Waals surface area contributed by atoms with E-state index in [4.69, 9.17) is 17.3 Å². The highest BCUT2D eigenvalue weighted by Gasteiger charge is 2.28. The molecule has 0 fully saturated rings. The second kappa shape index (κ2) is 5.85. The lowest BCUT2D eigenvalue weighted by Crippen LogP contribution is -2.35. The number of hydrogen-bond acceptors (Lipinski definition) is 3. The maximum Gasteiger partial charge on any atom is 0.243 e. The van der Waals surface area contributed by atoms with Crippen LogP contribution in [0.1, 0.15) is 24.5 Å². The van der Waals surface area contributed by atoms with Crippen LogP contribution in [0.4, 0.5) is 0 Å². The first kappa shape index (κ1) is 15.5. The minimum Gasteiger partial charge on any atom is -0.326 e. The molecule has 0 unspecified atom stereocenters. The molecule has 0 bridgehead atoms. The van der Waals surface area contributed by atoms with Crippen LogP contribution in [0.3, 0.4) is 0 Å². The predicted octanol–water partition coefficient (Wildman–Crippen LogP) is 2.45. The van der Waals surface area contributed by atoms with E-state index in [1.807, 2.05) is 13.0 Å². The van der Waals surface area contributed by atoms with Gasteiger partial charge in [-0.2, -0.15) is 4.31 Å². The fourth-order valence-electron chi connectivity index (χ4n) is 2.30. The third-order valence-electron chi connectivity index (χ3n) is 3.67. The number of rotatable bonds is 3. The van der Waals surface area contributed by atoms with E-state index >= 15 is 0 Å². The molecule has 1 aromatic rings. The van der Waals surface area contributed by atoms with Crippen LogP contribution >= 0.6 is 11.6 Å². The molecule has 0 atom stereocenters. The standard InChI is InChI=1S/C14H19ClN2O2S/c1-10-3-5-17(6-4-10)20(18,19)14-8-13(15)7-12(9-16)11(14)2/h3,7-8H,4-6,9,16H2,1-2H3. The van der Waals surface area contributed by atoms with Gasteiger partial charge in [-0.1, -0.05) is 23.3 Å². The maximum atomic E-state index is 12.7. The van der Waals surface area contributed by atoms with Gasteiger partial charge in [0, 0.05) is 24.7 Å². The summed E-state index contributed by atoms with van der Waals surface area (Å²) in [6, 6.07) is 3.23. The van der Waals surface area contributed by atoms with Gasteiger partial charge in [0.2, 0.25) is 10.0 Å². The number of hydrogen-bond donors (Lipinski definition) is 1. The fraction of sp³-hybridized carbons (Fsp3) is 0.429. The van der Waals surface area contributed by atoms with E-state index in [2.05, 4.69) is 0 Å². The predicted molar refractivity (Wildman–Crippen MR) is 81.2 cm³/mol. The molecule has 0 radical (unpaired) electrons. The van der Waals surface area contributed by atoms with E-state index in [1.165, 1.54) is 15.9 Å². The zero-order valence-corrected chi connectivity index (χ0v) is 13.3. The molecule has 0 spiro atoms. The summed E-state index contributed by atoms with van der Waals surface area (Å²) in [7, 11) is -3.52. The third-order valence-corrected chi connectivity index (χ3v) is 5.88. The summed E-state index contributed by atoms with van der Waals surface area (Å²) in [4.78, 5) is 0.262. The molecule has 6 heteroatoms. The van der Waals surface area contributed by atoms with Crippen molar-refractivity contribution in [2.45, 2.75) is 31.7 Å². The number of halogens is 1. The Morgan fingerprint density at radius 1 is 1.35 bits per heavy atom. The van der Waals surface area contributed by atoms with Gasteiger partial charge in [0.15, 0.2) is 0 Å². The SMILES string of the molecule is CC1=CCN(S(=O)(=O)c2cc(Cl)cc(CN)c2C)CC1. The van der Waals surface area contributed by atoms with Crippen LogP contribution in [0.25, 0.3) is 0 Å². The van der Waals surface area contributed by atoms with Crippen LogP contribution in [0.2, 0.25) is 5.02 Å². The molecule has 20 heavy (non-hydrogen) atoms. The van der Waals surface area contributed by atoms with Gasteiger partial charge in [-0.15, -0.1) is 0 Å². The Morgan fingerprint density at radius 3 is 2.60 bits per heavy atom. The number of nitrogens with zero attached hydrogens (tertiary/aromatic N) is 1. The lowest BCUT2D eigenvalue weighted by Gasteiger charge is -2.26. The summed E-state index contributed by atoms with van der Waals surface area (Å²) in [5, 5.41) is 0.401. The lowest BCUT2D eigenvalue weighted by molar-refractivity contribution is 0.431. The summed E-state index contributed by atoms with van der Waals surface area (Å²) >= 11 is 6.02. The fourth-order valence-corrected chi connectivity index (χ4v) is 4.28. The monoisotopic (exact) mass is 314 g/mol. The molecular weight excluding hydrogens is 296 g/mol. The van der Waals surface area contributed by atoms with Gasteiger partial charge in [-0.3, -0.25) is 0 Å². The Balaban J connectivity index is 2.47. The van der Waals surface area contributed by atoms with Crippen molar-refractivity contribution >= 4 is 21.6 Å². The van der Waals surface area contributed by atoms with Crippen molar-refractivity contribution in [3.63, 3.8) is 0 Å². The zero-order chi connectivity index (χ0) is 14.9. The first-order valence-corrected chi connectivity index (χ1v) is 8.33. The summed E-state index contributed by atoms with van der Waals surface area (Å²) in [5.41, 5.74) is 8.32. The Labute approximate surface area is 125 Å². The van der Waals surface area contributed by atoms with Crippen molar-refractivity contribution in [1.82, 2.24) is 4.31 Å². The first-order chi connectivity index (χ1) is 9.36. The smallest absolute Gasteiger partial charge is 0.243 e. The van der Waals surface area contributed by atoms with Gasteiger partial charge < -0.3 is 5.73 Å². The quantitative estimate of drug-likeness (QED) is 0.872. The third kappa shape index (κ3) is 2.91. The molecule has 0 aromatic heterocycles. The summed E-state index contributed by atoms with van der Waals surface area (Å²) in [6.45, 7) is 4.98. The van der Waals surface area contributed by atoms with E-state index in [1.54, 1.807) is 13.0 Å². The van der Waals surface area contributed by atoms with Crippen molar-refractivity contribution in [3.8, 4) is 0 Å². The van der Waals surface area contributed by atoms with Crippen molar-refractivity contribution in [2.75, 3.05) is 13.1 Å². The van der Waals surface area contributed by atoms with Crippen LogP contribution in [0.5, 0.6) is 0 Å². The second-order valence-corrected chi connectivity index (χ2v) is 7.40. The molecule has 0 amide bonds. The van der Waals surface area contributed by atoms with Crippen molar-refractivity contribution < 1.29 is 8.42 Å². The van der Waals surface area contributed by atoms with Crippen molar-refractivity contribution in [2.24, 2.45) is 5.73 Å². The molecule has 110 valence electrons. The largest absolute Gasteiger partial charge is 0.326 e. The summed E-state index contributed by atoms with van der Waals surface area (Å²) in [5.74, 6) is 0. The second-order valence-electron chi connectivity index (χ2n) is 5.06. The van der Waals surface area contributed by atoms with Crippen LogP contribution in [0, 0.1) is 6.92 Å². The van der Waals surface area contributed by atoms with Gasteiger partial charge in [-0.25, -0.2) is 8.42 Å². The van der Waals surface area contributed by atoms with E-state index in [9.17, 15) is 8.42 Å². The molecule has 4 nitrogen and oxygen atoms in total. The lowest BCUT2D eigenvalue weighted by atomic mass is 10.1.